The van der Waals surface area contributed by atoms with Crippen LogP contribution >= 0.6 is 0 Å². The molecule has 4 nitrogen and oxygen atoms in total. The molecule has 1 aromatic heterocycles. The second-order valence-corrected chi connectivity index (χ2v) is 5.79. The van der Waals surface area contributed by atoms with Gasteiger partial charge in [-0.15, -0.1) is 0 Å². The van der Waals surface area contributed by atoms with Crippen molar-refractivity contribution in [3.05, 3.63) is 23.9 Å². The Kier molecular flexibility index (Phi) is 6.96. The molecule has 2 atom stereocenters. The summed E-state index contributed by atoms with van der Waals surface area (Å²) in [4.78, 5) is 9.16. The quantitative estimate of drug-likeness (QED) is 0.791. The van der Waals surface area contributed by atoms with Crippen LogP contribution in [0.3, 0.4) is 0 Å². The van der Waals surface area contributed by atoms with Crippen LogP contribution in [0.15, 0.2) is 18.3 Å². The summed E-state index contributed by atoms with van der Waals surface area (Å²) in [6, 6.07) is 4.96. The van der Waals surface area contributed by atoms with Crippen LogP contribution < -0.4 is 10.6 Å². The number of aromatic nitrogens is 1. The number of pyridine rings is 1. The summed E-state index contributed by atoms with van der Waals surface area (Å²) in [5, 5.41) is 0. The summed E-state index contributed by atoms with van der Waals surface area (Å²) in [6.45, 7) is 8.53. The first-order chi connectivity index (χ1) is 9.47. The molecule has 4 heteroatoms. The lowest BCUT2D eigenvalue weighted by Crippen LogP contribution is -2.40. The van der Waals surface area contributed by atoms with Crippen LogP contribution in [0.4, 0.5) is 5.82 Å². The van der Waals surface area contributed by atoms with Crippen molar-refractivity contribution in [2.24, 2.45) is 5.73 Å². The molecule has 0 aliphatic carbocycles. The molecular formula is C16H30N4. The molecule has 2 unspecified atom stereocenters. The lowest BCUT2D eigenvalue weighted by molar-refractivity contribution is 0.372. The maximum atomic E-state index is 5.99. The van der Waals surface area contributed by atoms with E-state index in [4.69, 9.17) is 5.73 Å². The number of hydrogen-bond acceptors (Lipinski definition) is 4. The molecule has 0 aliphatic rings. The van der Waals surface area contributed by atoms with Gasteiger partial charge in [-0.25, -0.2) is 4.98 Å². The van der Waals surface area contributed by atoms with Gasteiger partial charge in [0, 0.05) is 31.4 Å². The number of rotatable bonds is 8. The van der Waals surface area contributed by atoms with Crippen molar-refractivity contribution in [1.82, 2.24) is 9.88 Å². The number of nitrogens with two attached hydrogens (primary N) is 1. The van der Waals surface area contributed by atoms with Crippen molar-refractivity contribution in [3.63, 3.8) is 0 Å². The third-order valence-corrected chi connectivity index (χ3v) is 3.63. The SMILES string of the molecule is CCC(N)Cc1ccc(N(CC)C(C)CN(C)C)nc1. The Labute approximate surface area is 124 Å². The largest absolute Gasteiger partial charge is 0.353 e. The average Bonchev–Trinajstić information content (AvgIpc) is 2.40. The highest BCUT2D eigenvalue weighted by Gasteiger charge is 2.14. The van der Waals surface area contributed by atoms with Gasteiger partial charge < -0.3 is 15.5 Å². The fraction of sp³-hybridized carbons (Fsp3) is 0.688. The highest BCUT2D eigenvalue weighted by atomic mass is 15.2. The summed E-state index contributed by atoms with van der Waals surface area (Å²) in [5.74, 6) is 1.05. The predicted molar refractivity (Wildman–Crippen MR) is 87.2 cm³/mol. The third kappa shape index (κ3) is 5.10. The summed E-state index contributed by atoms with van der Waals surface area (Å²) in [5.41, 5.74) is 7.21. The van der Waals surface area contributed by atoms with Crippen molar-refractivity contribution in [1.29, 1.82) is 0 Å². The minimum absolute atomic E-state index is 0.234. The second kappa shape index (κ2) is 8.22. The number of hydrogen-bond donors (Lipinski definition) is 1. The van der Waals surface area contributed by atoms with Crippen molar-refractivity contribution in [2.75, 3.05) is 32.1 Å². The van der Waals surface area contributed by atoms with Gasteiger partial charge in [0.15, 0.2) is 0 Å². The second-order valence-electron chi connectivity index (χ2n) is 5.79. The Morgan fingerprint density at radius 1 is 1.25 bits per heavy atom. The zero-order valence-corrected chi connectivity index (χ0v) is 13.6. The van der Waals surface area contributed by atoms with E-state index in [9.17, 15) is 0 Å². The van der Waals surface area contributed by atoms with E-state index in [0.717, 1.165) is 31.7 Å². The summed E-state index contributed by atoms with van der Waals surface area (Å²) < 4.78 is 0. The van der Waals surface area contributed by atoms with Crippen LogP contribution in [-0.2, 0) is 6.42 Å². The average molecular weight is 278 g/mol. The molecule has 0 saturated heterocycles. The normalized spacial score (nSPS) is 14.3. The molecule has 20 heavy (non-hydrogen) atoms. The van der Waals surface area contributed by atoms with E-state index in [1.807, 2.05) is 6.20 Å². The van der Waals surface area contributed by atoms with Crippen molar-refractivity contribution in [2.45, 2.75) is 45.7 Å². The van der Waals surface area contributed by atoms with Gasteiger partial charge in [-0.05, 0) is 52.4 Å². The van der Waals surface area contributed by atoms with Gasteiger partial charge in [0.1, 0.15) is 5.82 Å². The monoisotopic (exact) mass is 278 g/mol. The molecule has 0 saturated carbocycles. The van der Waals surface area contributed by atoms with E-state index in [1.54, 1.807) is 0 Å². The van der Waals surface area contributed by atoms with Gasteiger partial charge in [0.25, 0.3) is 0 Å². The van der Waals surface area contributed by atoms with Gasteiger partial charge in [-0.3, -0.25) is 0 Å². The highest BCUT2D eigenvalue weighted by molar-refractivity contribution is 5.40. The first-order valence-electron chi connectivity index (χ1n) is 7.59. The Morgan fingerprint density at radius 3 is 2.40 bits per heavy atom. The topological polar surface area (TPSA) is 45.4 Å². The van der Waals surface area contributed by atoms with Crippen molar-refractivity contribution >= 4 is 5.82 Å². The Balaban J connectivity index is 2.74. The molecule has 1 heterocycles. The molecule has 0 spiro atoms. The van der Waals surface area contributed by atoms with Gasteiger partial charge in [0.05, 0.1) is 0 Å². The Bertz CT molecular complexity index is 375. The number of likely N-dealkylation sites (N-methyl/N-ethyl adjacent to an activating group) is 2. The van der Waals surface area contributed by atoms with Crippen LogP contribution in [0.25, 0.3) is 0 Å². The van der Waals surface area contributed by atoms with Gasteiger partial charge in [-0.2, -0.15) is 0 Å². The van der Waals surface area contributed by atoms with Crippen molar-refractivity contribution in [3.8, 4) is 0 Å². The molecular weight excluding hydrogens is 248 g/mol. The van der Waals surface area contributed by atoms with Gasteiger partial charge >= 0.3 is 0 Å². The molecule has 2 N–H and O–H groups in total. The minimum Gasteiger partial charge on any atom is -0.353 e. The van der Waals surface area contributed by atoms with Crippen LogP contribution in [0.5, 0.6) is 0 Å². The van der Waals surface area contributed by atoms with Crippen LogP contribution in [0.2, 0.25) is 0 Å². The first kappa shape index (κ1) is 16.9. The highest BCUT2D eigenvalue weighted by Crippen LogP contribution is 2.15. The lowest BCUT2D eigenvalue weighted by Gasteiger charge is -2.31. The zero-order valence-electron chi connectivity index (χ0n) is 13.6. The Hall–Kier alpha value is -1.13. The van der Waals surface area contributed by atoms with Crippen LogP contribution in [0, 0.1) is 0 Å². The molecule has 0 fully saturated rings. The molecule has 0 aliphatic heterocycles. The Morgan fingerprint density at radius 2 is 1.95 bits per heavy atom. The lowest BCUT2D eigenvalue weighted by atomic mass is 10.1. The van der Waals surface area contributed by atoms with Crippen LogP contribution in [0.1, 0.15) is 32.8 Å². The molecule has 0 aromatic carbocycles. The van der Waals surface area contributed by atoms with E-state index in [-0.39, 0.29) is 6.04 Å². The first-order valence-corrected chi connectivity index (χ1v) is 7.59. The minimum atomic E-state index is 0.234. The fourth-order valence-corrected chi connectivity index (χ4v) is 2.48. The molecule has 0 amide bonds. The molecule has 1 aromatic rings. The van der Waals surface area contributed by atoms with Gasteiger partial charge in [0.2, 0.25) is 0 Å². The molecule has 0 bridgehead atoms. The van der Waals surface area contributed by atoms with E-state index < -0.39 is 0 Å². The maximum absolute atomic E-state index is 5.99. The predicted octanol–water partition coefficient (Wildman–Crippen LogP) is 2.14. The van der Waals surface area contributed by atoms with Crippen LogP contribution in [-0.4, -0.2) is 49.2 Å². The smallest absolute Gasteiger partial charge is 0.128 e. The van der Waals surface area contributed by atoms with E-state index in [2.05, 4.69) is 61.8 Å². The zero-order chi connectivity index (χ0) is 15.1. The summed E-state index contributed by atoms with van der Waals surface area (Å²) in [6.07, 6.45) is 3.88. The maximum Gasteiger partial charge on any atom is 0.128 e. The standard InChI is InChI=1S/C16H30N4/c1-6-15(17)10-14-8-9-16(18-11-14)20(7-2)13(3)12-19(4)5/h8-9,11,13,15H,6-7,10,12,17H2,1-5H3. The van der Waals surface area contributed by atoms with E-state index in [1.165, 1.54) is 5.56 Å². The third-order valence-electron chi connectivity index (χ3n) is 3.63. The molecule has 0 radical (unpaired) electrons. The number of nitrogens with zero attached hydrogens (tertiary/aromatic N) is 3. The number of anilines is 1. The fourth-order valence-electron chi connectivity index (χ4n) is 2.48. The summed E-state index contributed by atoms with van der Waals surface area (Å²) in [7, 11) is 4.21. The van der Waals surface area contributed by atoms with E-state index >= 15 is 0 Å². The van der Waals surface area contributed by atoms with Crippen molar-refractivity contribution < 1.29 is 0 Å². The molecule has 1 rings (SSSR count). The van der Waals surface area contributed by atoms with E-state index in [0.29, 0.717) is 6.04 Å². The summed E-state index contributed by atoms with van der Waals surface area (Å²) >= 11 is 0. The van der Waals surface area contributed by atoms with Gasteiger partial charge in [-0.1, -0.05) is 13.0 Å². The molecule has 114 valence electrons.